The molecule has 0 spiro atoms. The first-order chi connectivity index (χ1) is 9.52. The number of methoxy groups -OCH3 is 1. The second-order valence-corrected chi connectivity index (χ2v) is 4.48. The highest BCUT2D eigenvalue weighted by Gasteiger charge is 2.13. The fourth-order valence-electron chi connectivity index (χ4n) is 1.45. The Labute approximate surface area is 121 Å². The minimum Gasteiger partial charge on any atom is -0.493 e. The van der Waals surface area contributed by atoms with E-state index in [4.69, 9.17) is 15.2 Å². The second kappa shape index (κ2) is 5.74. The Hall–Kier alpha value is -2.35. The zero-order valence-corrected chi connectivity index (χ0v) is 11.9. The van der Waals surface area contributed by atoms with Crippen LogP contribution in [0.5, 0.6) is 17.4 Å². The monoisotopic (exact) mass is 339 g/mol. The molecular weight excluding hydrogens is 330 g/mol. The first-order valence-electron chi connectivity index (χ1n) is 5.42. The lowest BCUT2D eigenvalue weighted by Gasteiger charge is -2.10. The molecule has 0 radical (unpaired) electrons. The number of amides is 1. The molecule has 0 fully saturated rings. The summed E-state index contributed by atoms with van der Waals surface area (Å²) in [5.41, 5.74) is 5.10. The summed E-state index contributed by atoms with van der Waals surface area (Å²) < 4.78 is 10.8. The molecule has 2 aromatic rings. The SMILES string of the molecule is COc1cc(C(N)=O)ccc1Oc1nc[nH]c(=O)c1Br. The second-order valence-electron chi connectivity index (χ2n) is 3.68. The fraction of sp³-hybridized carbons (Fsp3) is 0.0833. The van der Waals surface area contributed by atoms with Gasteiger partial charge in [0, 0.05) is 5.56 Å². The van der Waals surface area contributed by atoms with Gasteiger partial charge in [0.1, 0.15) is 4.47 Å². The molecule has 1 aromatic heterocycles. The quantitative estimate of drug-likeness (QED) is 0.876. The van der Waals surface area contributed by atoms with Crippen molar-refractivity contribution >= 4 is 21.8 Å². The number of primary amides is 1. The number of halogens is 1. The molecule has 1 heterocycles. The molecule has 0 aliphatic heterocycles. The number of aromatic amines is 1. The molecule has 0 atom stereocenters. The van der Waals surface area contributed by atoms with Crippen molar-refractivity contribution in [1.29, 1.82) is 0 Å². The third-order valence-corrected chi connectivity index (χ3v) is 3.12. The molecule has 7 nitrogen and oxygen atoms in total. The van der Waals surface area contributed by atoms with Crippen molar-refractivity contribution in [3.05, 3.63) is 44.9 Å². The van der Waals surface area contributed by atoms with Gasteiger partial charge in [-0.1, -0.05) is 0 Å². The summed E-state index contributed by atoms with van der Waals surface area (Å²) in [6, 6.07) is 4.44. The highest BCUT2D eigenvalue weighted by molar-refractivity contribution is 9.10. The number of aromatic nitrogens is 2. The van der Waals surface area contributed by atoms with E-state index < -0.39 is 5.91 Å². The van der Waals surface area contributed by atoms with Gasteiger partial charge in [0.05, 0.1) is 13.4 Å². The molecule has 0 saturated carbocycles. The van der Waals surface area contributed by atoms with Crippen LogP contribution in [0.15, 0.2) is 33.8 Å². The lowest BCUT2D eigenvalue weighted by Crippen LogP contribution is -2.11. The molecule has 0 aliphatic carbocycles. The molecule has 1 aromatic carbocycles. The molecule has 1 amide bonds. The lowest BCUT2D eigenvalue weighted by atomic mass is 10.2. The summed E-state index contributed by atoms with van der Waals surface area (Å²) in [5.74, 6) is 0.107. The van der Waals surface area contributed by atoms with Gasteiger partial charge in [0.25, 0.3) is 5.56 Å². The highest BCUT2D eigenvalue weighted by atomic mass is 79.9. The van der Waals surface area contributed by atoms with E-state index in [1.807, 2.05) is 0 Å². The number of hydrogen-bond acceptors (Lipinski definition) is 5. The van der Waals surface area contributed by atoms with Crippen molar-refractivity contribution in [2.45, 2.75) is 0 Å². The van der Waals surface area contributed by atoms with Gasteiger partial charge < -0.3 is 20.2 Å². The van der Waals surface area contributed by atoms with Gasteiger partial charge in [0.2, 0.25) is 11.8 Å². The van der Waals surface area contributed by atoms with Gasteiger partial charge in [-0.25, -0.2) is 4.98 Å². The number of rotatable bonds is 4. The number of nitrogens with one attached hydrogen (secondary N) is 1. The summed E-state index contributed by atoms with van der Waals surface area (Å²) in [6.07, 6.45) is 1.21. The van der Waals surface area contributed by atoms with Gasteiger partial charge in [-0.15, -0.1) is 0 Å². The number of benzene rings is 1. The number of carbonyl (C=O) groups is 1. The average Bonchev–Trinajstić information content (AvgIpc) is 2.44. The first-order valence-corrected chi connectivity index (χ1v) is 6.21. The maximum Gasteiger partial charge on any atom is 0.268 e. The van der Waals surface area contributed by atoms with Crippen molar-refractivity contribution in [2.75, 3.05) is 7.11 Å². The van der Waals surface area contributed by atoms with Crippen LogP contribution >= 0.6 is 15.9 Å². The molecular formula is C12H10BrN3O4. The minimum atomic E-state index is -0.578. The molecule has 0 unspecified atom stereocenters. The van der Waals surface area contributed by atoms with E-state index in [1.165, 1.54) is 31.6 Å². The third-order valence-electron chi connectivity index (χ3n) is 2.42. The number of carbonyl (C=O) groups excluding carboxylic acids is 1. The van der Waals surface area contributed by atoms with Gasteiger partial charge in [0.15, 0.2) is 11.5 Å². The van der Waals surface area contributed by atoms with E-state index in [0.29, 0.717) is 11.5 Å². The Morgan fingerprint density at radius 2 is 2.15 bits per heavy atom. The normalized spacial score (nSPS) is 10.1. The fourth-order valence-corrected chi connectivity index (χ4v) is 1.74. The summed E-state index contributed by atoms with van der Waals surface area (Å²) in [6.45, 7) is 0. The molecule has 3 N–H and O–H groups in total. The maximum atomic E-state index is 11.4. The van der Waals surface area contributed by atoms with Crippen LogP contribution in [0.1, 0.15) is 10.4 Å². The minimum absolute atomic E-state index is 0.0823. The van der Waals surface area contributed by atoms with Crippen LogP contribution < -0.4 is 20.8 Å². The van der Waals surface area contributed by atoms with Crippen LogP contribution in [-0.4, -0.2) is 23.0 Å². The van der Waals surface area contributed by atoms with E-state index in [9.17, 15) is 9.59 Å². The number of ether oxygens (including phenoxy) is 2. The Bertz CT molecular complexity index is 714. The van der Waals surface area contributed by atoms with Crippen LogP contribution in [0.2, 0.25) is 0 Å². The molecule has 20 heavy (non-hydrogen) atoms. The van der Waals surface area contributed by atoms with Crippen molar-refractivity contribution in [3.8, 4) is 17.4 Å². The molecule has 0 saturated heterocycles. The van der Waals surface area contributed by atoms with Gasteiger partial charge >= 0.3 is 0 Å². The van der Waals surface area contributed by atoms with E-state index in [2.05, 4.69) is 25.9 Å². The van der Waals surface area contributed by atoms with Crippen LogP contribution in [0.4, 0.5) is 0 Å². The molecule has 104 valence electrons. The van der Waals surface area contributed by atoms with Crippen LogP contribution in [0, 0.1) is 0 Å². The van der Waals surface area contributed by atoms with Crippen molar-refractivity contribution in [2.24, 2.45) is 5.73 Å². The van der Waals surface area contributed by atoms with Gasteiger partial charge in [-0.05, 0) is 34.1 Å². The number of nitrogens with zero attached hydrogens (tertiary/aromatic N) is 1. The van der Waals surface area contributed by atoms with E-state index in [-0.39, 0.29) is 21.5 Å². The third kappa shape index (κ3) is 2.80. The van der Waals surface area contributed by atoms with Gasteiger partial charge in [-0.3, -0.25) is 9.59 Å². The lowest BCUT2D eigenvalue weighted by molar-refractivity contribution is 0.1000. The van der Waals surface area contributed by atoms with Crippen LogP contribution in [0.3, 0.4) is 0 Å². The smallest absolute Gasteiger partial charge is 0.268 e. The Morgan fingerprint density at radius 3 is 2.80 bits per heavy atom. The molecule has 0 aliphatic rings. The molecule has 8 heteroatoms. The van der Waals surface area contributed by atoms with E-state index in [1.54, 1.807) is 0 Å². The summed E-state index contributed by atoms with van der Waals surface area (Å²) in [7, 11) is 1.42. The van der Waals surface area contributed by atoms with Crippen LogP contribution in [-0.2, 0) is 0 Å². The van der Waals surface area contributed by atoms with Crippen molar-refractivity contribution < 1.29 is 14.3 Å². The largest absolute Gasteiger partial charge is 0.493 e. The number of hydrogen-bond donors (Lipinski definition) is 2. The Kier molecular flexibility index (Phi) is 4.04. The van der Waals surface area contributed by atoms with E-state index >= 15 is 0 Å². The summed E-state index contributed by atoms with van der Waals surface area (Å²) >= 11 is 3.08. The predicted octanol–water partition coefficient (Wildman–Crippen LogP) is 1.43. The number of nitrogens with two attached hydrogens (primary N) is 1. The zero-order chi connectivity index (χ0) is 14.7. The molecule has 0 bridgehead atoms. The standard InChI is InChI=1S/C12H10BrN3O4/c1-19-8-4-6(10(14)17)2-3-7(8)20-12-9(13)11(18)15-5-16-12/h2-5H,1H3,(H2,14,17)(H,15,16,18). The van der Waals surface area contributed by atoms with E-state index in [0.717, 1.165) is 0 Å². The topological polar surface area (TPSA) is 107 Å². The predicted molar refractivity (Wildman–Crippen MR) is 74.1 cm³/mol. The molecule has 2 rings (SSSR count). The number of H-pyrrole nitrogens is 1. The Morgan fingerprint density at radius 1 is 1.40 bits per heavy atom. The maximum absolute atomic E-state index is 11.4. The highest BCUT2D eigenvalue weighted by Crippen LogP contribution is 2.33. The van der Waals surface area contributed by atoms with Crippen molar-refractivity contribution in [1.82, 2.24) is 9.97 Å². The average molecular weight is 340 g/mol. The van der Waals surface area contributed by atoms with Gasteiger partial charge in [-0.2, -0.15) is 0 Å². The van der Waals surface area contributed by atoms with Crippen LogP contribution in [0.25, 0.3) is 0 Å². The Balaban J connectivity index is 2.41. The summed E-state index contributed by atoms with van der Waals surface area (Å²) in [5, 5.41) is 0. The zero-order valence-electron chi connectivity index (χ0n) is 10.3. The summed E-state index contributed by atoms with van der Waals surface area (Å²) in [4.78, 5) is 28.8. The first kappa shape index (κ1) is 14.1. The van der Waals surface area contributed by atoms with Crippen molar-refractivity contribution in [3.63, 3.8) is 0 Å².